The lowest BCUT2D eigenvalue weighted by Crippen LogP contribution is -2.37. The van der Waals surface area contributed by atoms with Crippen molar-refractivity contribution in [2.75, 3.05) is 13.1 Å². The molecule has 3 unspecified atom stereocenters. The van der Waals surface area contributed by atoms with Crippen LogP contribution in [0.5, 0.6) is 0 Å². The van der Waals surface area contributed by atoms with E-state index in [-0.39, 0.29) is 36.5 Å². The van der Waals surface area contributed by atoms with Gasteiger partial charge in [0.05, 0.1) is 17.2 Å². The summed E-state index contributed by atoms with van der Waals surface area (Å²) in [5, 5.41) is 0.514. The summed E-state index contributed by atoms with van der Waals surface area (Å²) in [5.74, 6) is 0.901. The number of nitrogens with two attached hydrogens (primary N) is 1. The Morgan fingerprint density at radius 3 is 2.88 bits per heavy atom. The molecule has 0 bridgehead atoms. The van der Waals surface area contributed by atoms with Crippen LogP contribution < -0.4 is 11.3 Å². The number of hydrogen-bond donors (Lipinski definition) is 1. The molecular weight excluding hydrogens is 408 g/mol. The van der Waals surface area contributed by atoms with Gasteiger partial charge < -0.3 is 10.6 Å². The van der Waals surface area contributed by atoms with Crippen molar-refractivity contribution in [3.8, 4) is 0 Å². The van der Waals surface area contributed by atoms with Gasteiger partial charge in [-0.05, 0) is 42.9 Å². The number of rotatable bonds is 2. The predicted octanol–water partition coefficient (Wildman–Crippen LogP) is 1.78. The first kappa shape index (κ1) is 18.4. The van der Waals surface area contributed by atoms with Crippen LogP contribution in [0.2, 0.25) is 0 Å². The van der Waals surface area contributed by atoms with Crippen LogP contribution in [-0.4, -0.2) is 39.5 Å². The van der Waals surface area contributed by atoms with Gasteiger partial charge in [-0.3, -0.25) is 14.2 Å². The molecule has 6 nitrogen and oxygen atoms in total. The summed E-state index contributed by atoms with van der Waals surface area (Å²) in [5.41, 5.74) is 6.57. The summed E-state index contributed by atoms with van der Waals surface area (Å²) in [4.78, 5) is 31.3. The fourth-order valence-corrected chi connectivity index (χ4v) is 4.36. The van der Waals surface area contributed by atoms with E-state index in [0.29, 0.717) is 29.3 Å². The van der Waals surface area contributed by atoms with Gasteiger partial charge in [0.1, 0.15) is 6.54 Å². The van der Waals surface area contributed by atoms with E-state index in [1.54, 1.807) is 12.1 Å². The Kier molecular flexibility index (Phi) is 5.18. The van der Waals surface area contributed by atoms with E-state index in [1.807, 2.05) is 11.0 Å². The fourth-order valence-electron chi connectivity index (χ4n) is 4.00. The summed E-state index contributed by atoms with van der Waals surface area (Å²) in [6.07, 6.45) is 3.61. The molecule has 2 fully saturated rings. The molecule has 4 rings (SSSR count). The highest BCUT2D eigenvalue weighted by Crippen LogP contribution is 2.37. The van der Waals surface area contributed by atoms with E-state index in [0.717, 1.165) is 23.9 Å². The van der Waals surface area contributed by atoms with Crippen molar-refractivity contribution in [3.05, 3.63) is 39.4 Å². The van der Waals surface area contributed by atoms with Gasteiger partial charge in [0.15, 0.2) is 0 Å². The van der Waals surface area contributed by atoms with Gasteiger partial charge in [-0.15, -0.1) is 12.4 Å². The first-order valence-corrected chi connectivity index (χ1v) is 9.00. The van der Waals surface area contributed by atoms with Crippen LogP contribution in [-0.2, 0) is 11.3 Å². The third-order valence-electron chi connectivity index (χ3n) is 5.36. The van der Waals surface area contributed by atoms with Gasteiger partial charge in [0.2, 0.25) is 5.91 Å². The lowest BCUT2D eigenvalue weighted by molar-refractivity contribution is -0.131. The molecule has 1 aromatic heterocycles. The van der Waals surface area contributed by atoms with Crippen molar-refractivity contribution < 1.29 is 4.79 Å². The number of hydrogen-bond acceptors (Lipinski definition) is 4. The van der Waals surface area contributed by atoms with Crippen LogP contribution in [0.3, 0.4) is 0 Å². The van der Waals surface area contributed by atoms with E-state index in [9.17, 15) is 9.59 Å². The summed E-state index contributed by atoms with van der Waals surface area (Å²) in [6, 6.07) is 5.58. The first-order valence-electron chi connectivity index (χ1n) is 8.21. The highest BCUT2D eigenvalue weighted by atomic mass is 79.9. The molecule has 2 aromatic rings. The third kappa shape index (κ3) is 3.32. The number of likely N-dealkylation sites (tertiary alicyclic amines) is 1. The summed E-state index contributed by atoms with van der Waals surface area (Å²) >= 11 is 3.37. The van der Waals surface area contributed by atoms with Crippen molar-refractivity contribution >= 4 is 45.1 Å². The van der Waals surface area contributed by atoms with Crippen molar-refractivity contribution in [3.63, 3.8) is 0 Å². The normalized spacial score (nSPS) is 25.0. The van der Waals surface area contributed by atoms with Crippen molar-refractivity contribution in [1.29, 1.82) is 0 Å². The van der Waals surface area contributed by atoms with Gasteiger partial charge >= 0.3 is 0 Å². The van der Waals surface area contributed by atoms with Gasteiger partial charge in [-0.25, -0.2) is 4.98 Å². The van der Waals surface area contributed by atoms with Gasteiger partial charge in [-0.2, -0.15) is 0 Å². The minimum absolute atomic E-state index is 0. The molecule has 0 spiro atoms. The Balaban J connectivity index is 0.00000182. The van der Waals surface area contributed by atoms with Crippen LogP contribution in [0.1, 0.15) is 12.8 Å². The molecular formula is C17H20BrClN4O2. The van der Waals surface area contributed by atoms with Crippen LogP contribution in [0.4, 0.5) is 0 Å². The lowest BCUT2D eigenvalue weighted by atomic mass is 9.98. The van der Waals surface area contributed by atoms with Crippen molar-refractivity contribution in [1.82, 2.24) is 14.5 Å². The molecule has 1 aliphatic heterocycles. The van der Waals surface area contributed by atoms with Crippen LogP contribution in [0, 0.1) is 11.8 Å². The van der Waals surface area contributed by atoms with E-state index in [4.69, 9.17) is 5.73 Å². The third-order valence-corrected chi connectivity index (χ3v) is 5.85. The second-order valence-corrected chi connectivity index (χ2v) is 7.72. The zero-order valence-electron chi connectivity index (χ0n) is 13.6. The summed E-state index contributed by atoms with van der Waals surface area (Å²) in [7, 11) is 0. The average Bonchev–Trinajstić information content (AvgIpc) is 3.13. The largest absolute Gasteiger partial charge is 0.341 e. The zero-order valence-corrected chi connectivity index (χ0v) is 16.0. The van der Waals surface area contributed by atoms with Gasteiger partial charge in [0, 0.05) is 23.6 Å². The molecule has 134 valence electrons. The number of halogens is 2. The van der Waals surface area contributed by atoms with Gasteiger partial charge in [0.25, 0.3) is 5.56 Å². The topological polar surface area (TPSA) is 81.2 Å². The van der Waals surface area contributed by atoms with E-state index in [2.05, 4.69) is 20.9 Å². The Labute approximate surface area is 159 Å². The number of amides is 1. The molecule has 2 heterocycles. The highest BCUT2D eigenvalue weighted by molar-refractivity contribution is 9.10. The van der Waals surface area contributed by atoms with E-state index < -0.39 is 0 Å². The Morgan fingerprint density at radius 1 is 1.32 bits per heavy atom. The Bertz CT molecular complexity index is 871. The molecule has 1 amide bonds. The number of benzene rings is 1. The Morgan fingerprint density at radius 2 is 2.12 bits per heavy atom. The van der Waals surface area contributed by atoms with E-state index in [1.165, 1.54) is 10.9 Å². The molecule has 2 N–H and O–H groups in total. The van der Waals surface area contributed by atoms with Crippen molar-refractivity contribution in [2.24, 2.45) is 17.6 Å². The molecule has 25 heavy (non-hydrogen) atoms. The maximum Gasteiger partial charge on any atom is 0.261 e. The molecule has 3 atom stereocenters. The number of fused-ring (bicyclic) bond motifs is 2. The summed E-state index contributed by atoms with van der Waals surface area (Å²) < 4.78 is 2.21. The second kappa shape index (κ2) is 7.05. The van der Waals surface area contributed by atoms with Crippen LogP contribution in [0.15, 0.2) is 33.8 Å². The SMILES string of the molecule is Cl.NC1CCC2CN(C(=O)Cn3cnc4ccc(Br)cc4c3=O)CC12. The van der Waals surface area contributed by atoms with Gasteiger partial charge in [-0.1, -0.05) is 15.9 Å². The highest BCUT2D eigenvalue weighted by Gasteiger charge is 2.42. The number of nitrogens with zero attached hydrogens (tertiary/aromatic N) is 3. The maximum atomic E-state index is 12.6. The molecule has 1 aliphatic carbocycles. The molecule has 8 heteroatoms. The first-order chi connectivity index (χ1) is 11.5. The quantitative estimate of drug-likeness (QED) is 0.792. The standard InChI is InChI=1S/C17H19BrN4O2.ClH/c18-11-2-4-15-12(5-11)17(24)22(9-20-15)8-16(23)21-6-10-1-3-14(19)13(10)7-21;/h2,4-5,9-10,13-14H,1,3,6-8,19H2;1H. The van der Waals surface area contributed by atoms with Crippen LogP contribution in [0.25, 0.3) is 10.9 Å². The molecule has 0 radical (unpaired) electrons. The molecule has 1 saturated heterocycles. The maximum absolute atomic E-state index is 12.6. The lowest BCUT2D eigenvalue weighted by Gasteiger charge is -2.19. The predicted molar refractivity (Wildman–Crippen MR) is 102 cm³/mol. The fraction of sp³-hybridized carbons (Fsp3) is 0.471. The number of carbonyl (C=O) groups excluding carboxylic acids is 1. The minimum atomic E-state index is -0.189. The average molecular weight is 428 g/mol. The molecule has 2 aliphatic rings. The molecule has 1 saturated carbocycles. The minimum Gasteiger partial charge on any atom is -0.341 e. The number of aromatic nitrogens is 2. The Hall–Kier alpha value is -1.44. The monoisotopic (exact) mass is 426 g/mol. The smallest absolute Gasteiger partial charge is 0.261 e. The summed E-state index contributed by atoms with van der Waals surface area (Å²) in [6.45, 7) is 1.51. The second-order valence-electron chi connectivity index (χ2n) is 6.80. The van der Waals surface area contributed by atoms with Crippen molar-refractivity contribution in [2.45, 2.75) is 25.4 Å². The van der Waals surface area contributed by atoms with Crippen LogP contribution >= 0.6 is 28.3 Å². The molecule has 1 aromatic carbocycles. The zero-order chi connectivity index (χ0) is 16.8. The van der Waals surface area contributed by atoms with E-state index >= 15 is 0 Å². The number of carbonyl (C=O) groups is 1.